The van der Waals surface area contributed by atoms with E-state index in [0.717, 1.165) is 11.8 Å². The molecule has 0 aliphatic rings. The van der Waals surface area contributed by atoms with Crippen LogP contribution in [0.15, 0.2) is 48.5 Å². The summed E-state index contributed by atoms with van der Waals surface area (Å²) in [4.78, 5) is 22.9. The van der Waals surface area contributed by atoms with Gasteiger partial charge >= 0.3 is 6.61 Å². The number of alkyl halides is 2. The van der Waals surface area contributed by atoms with Crippen molar-refractivity contribution < 1.29 is 33.0 Å². The lowest BCUT2D eigenvalue weighted by molar-refractivity contribution is -0.301. The van der Waals surface area contributed by atoms with Crippen molar-refractivity contribution in [1.29, 1.82) is 0 Å². The molecular weight excluding hydrogens is 390 g/mol. The fourth-order valence-corrected chi connectivity index (χ4v) is 3.03. The molecule has 8 heteroatoms. The van der Waals surface area contributed by atoms with E-state index >= 15 is 0 Å². The Morgan fingerprint density at radius 2 is 1.89 bits per heavy atom. The summed E-state index contributed by atoms with van der Waals surface area (Å²) < 4.78 is 33.8. The molecule has 2 aromatic rings. The number of carbonyl (C=O) groups is 2. The summed E-state index contributed by atoms with van der Waals surface area (Å²) in [5, 5.41) is 10.5. The van der Waals surface area contributed by atoms with Crippen molar-refractivity contribution in [3.8, 4) is 11.5 Å². The Morgan fingerprint density at radius 3 is 2.50 bits per heavy atom. The number of carboxylic acids is 1. The van der Waals surface area contributed by atoms with Crippen LogP contribution in [0.5, 0.6) is 11.5 Å². The number of hydrogen-bond donors (Lipinski definition) is 0. The van der Waals surface area contributed by atoms with Gasteiger partial charge in [-0.2, -0.15) is 20.5 Å². The lowest BCUT2D eigenvalue weighted by atomic mass is 10.1. The van der Waals surface area contributed by atoms with Crippen LogP contribution in [0.3, 0.4) is 0 Å². The Kier molecular flexibility index (Phi) is 8.01. The van der Waals surface area contributed by atoms with E-state index in [-0.39, 0.29) is 17.3 Å². The standard InChI is InChI=1S/C20H18F2O5S/c1-26-18-9-5-14(10-15(18)11-28-12-19(24)25)17(23)8-4-13-2-6-16(7-3-13)27-20(21)22/h2-10,20H,11-12H2,1H3,(H,24,25)/p-1/b8-4+. The van der Waals surface area contributed by atoms with Crippen LogP contribution < -0.4 is 14.6 Å². The lowest BCUT2D eigenvalue weighted by Crippen LogP contribution is -2.24. The number of carbonyl (C=O) groups excluding carboxylic acids is 2. The fraction of sp³-hybridized carbons (Fsp3) is 0.200. The molecule has 0 bridgehead atoms. The van der Waals surface area contributed by atoms with Crippen molar-refractivity contribution in [2.75, 3.05) is 12.9 Å². The van der Waals surface area contributed by atoms with Crippen molar-refractivity contribution in [2.24, 2.45) is 0 Å². The SMILES string of the molecule is COc1ccc(C(=O)/C=C/c2ccc(OC(F)F)cc2)cc1CSCC(=O)[O-]. The van der Waals surface area contributed by atoms with Crippen LogP contribution >= 0.6 is 11.8 Å². The van der Waals surface area contributed by atoms with Crippen LogP contribution in [-0.4, -0.2) is 31.2 Å². The second kappa shape index (κ2) is 10.5. The molecule has 0 N–H and O–H groups in total. The summed E-state index contributed by atoms with van der Waals surface area (Å²) in [6.45, 7) is -2.89. The smallest absolute Gasteiger partial charge is 0.387 e. The second-order valence-corrected chi connectivity index (χ2v) is 6.52. The van der Waals surface area contributed by atoms with Gasteiger partial charge in [-0.15, -0.1) is 0 Å². The number of ether oxygens (including phenoxy) is 2. The molecule has 0 fully saturated rings. The topological polar surface area (TPSA) is 75.7 Å². The normalized spacial score (nSPS) is 11.0. The van der Waals surface area contributed by atoms with Crippen LogP contribution in [0.2, 0.25) is 0 Å². The van der Waals surface area contributed by atoms with Crippen molar-refractivity contribution in [3.05, 3.63) is 65.2 Å². The number of hydrogen-bond acceptors (Lipinski definition) is 6. The molecule has 0 spiro atoms. The minimum Gasteiger partial charge on any atom is -0.549 e. The quantitative estimate of drug-likeness (QED) is 0.445. The number of allylic oxidation sites excluding steroid dienone is 1. The van der Waals surface area contributed by atoms with Crippen LogP contribution in [0.1, 0.15) is 21.5 Å². The van der Waals surface area contributed by atoms with E-state index in [1.807, 2.05) is 0 Å². The molecule has 148 valence electrons. The third kappa shape index (κ3) is 6.70. The monoisotopic (exact) mass is 407 g/mol. The number of ketones is 1. The average molecular weight is 407 g/mol. The molecule has 2 aromatic carbocycles. The maximum absolute atomic E-state index is 12.4. The minimum absolute atomic E-state index is 0.0346. The summed E-state index contributed by atoms with van der Waals surface area (Å²) in [6.07, 6.45) is 2.92. The van der Waals surface area contributed by atoms with Crippen molar-refractivity contribution in [1.82, 2.24) is 0 Å². The van der Waals surface area contributed by atoms with Crippen LogP contribution in [0.25, 0.3) is 6.08 Å². The number of methoxy groups -OCH3 is 1. The molecule has 0 unspecified atom stereocenters. The Morgan fingerprint density at radius 1 is 1.18 bits per heavy atom. The summed E-state index contributed by atoms with van der Waals surface area (Å²) in [7, 11) is 1.49. The van der Waals surface area contributed by atoms with Gasteiger partial charge in [0.05, 0.1) is 13.1 Å². The first kappa shape index (κ1) is 21.4. The molecule has 0 amide bonds. The molecule has 0 saturated carbocycles. The second-order valence-electron chi connectivity index (χ2n) is 5.54. The van der Waals surface area contributed by atoms with Crippen molar-refractivity contribution in [3.63, 3.8) is 0 Å². The van der Waals surface area contributed by atoms with Crippen molar-refractivity contribution >= 4 is 29.6 Å². The number of benzene rings is 2. The van der Waals surface area contributed by atoms with E-state index in [9.17, 15) is 23.5 Å². The zero-order valence-corrected chi connectivity index (χ0v) is 15.7. The van der Waals surface area contributed by atoms with E-state index < -0.39 is 12.6 Å². The van der Waals surface area contributed by atoms with E-state index in [4.69, 9.17) is 4.74 Å². The van der Waals surface area contributed by atoms with Gasteiger partial charge < -0.3 is 19.4 Å². The molecule has 0 aromatic heterocycles. The minimum atomic E-state index is -2.89. The highest BCUT2D eigenvalue weighted by Gasteiger charge is 2.09. The van der Waals surface area contributed by atoms with E-state index in [1.165, 1.54) is 25.3 Å². The van der Waals surface area contributed by atoms with Gasteiger partial charge in [-0.3, -0.25) is 4.79 Å². The Balaban J connectivity index is 2.08. The predicted molar refractivity (Wildman–Crippen MR) is 101 cm³/mol. The van der Waals surface area contributed by atoms with Crippen LogP contribution in [0.4, 0.5) is 8.78 Å². The molecule has 0 atom stereocenters. The van der Waals surface area contributed by atoms with Gasteiger partial charge in [-0.25, -0.2) is 0 Å². The predicted octanol–water partition coefficient (Wildman–Crippen LogP) is 3.18. The molecule has 2 rings (SSSR count). The average Bonchev–Trinajstić information content (AvgIpc) is 2.66. The highest BCUT2D eigenvalue weighted by Crippen LogP contribution is 2.25. The number of halogens is 2. The number of aliphatic carboxylic acids is 1. The van der Waals surface area contributed by atoms with Gasteiger partial charge in [0, 0.05) is 22.6 Å². The molecule has 0 radical (unpaired) electrons. The van der Waals surface area contributed by atoms with Gasteiger partial charge in [-0.1, -0.05) is 18.2 Å². The maximum atomic E-state index is 12.4. The summed E-state index contributed by atoms with van der Waals surface area (Å²) in [6, 6.07) is 10.8. The third-order valence-electron chi connectivity index (χ3n) is 3.57. The van der Waals surface area contributed by atoms with Gasteiger partial charge in [0.1, 0.15) is 11.5 Å². The van der Waals surface area contributed by atoms with Gasteiger partial charge in [0.2, 0.25) is 0 Å². The first-order chi connectivity index (χ1) is 13.4. The van der Waals surface area contributed by atoms with Crippen molar-refractivity contribution in [2.45, 2.75) is 12.4 Å². The van der Waals surface area contributed by atoms with Crippen LogP contribution in [-0.2, 0) is 10.5 Å². The van der Waals surface area contributed by atoms with Gasteiger partial charge in [0.25, 0.3) is 0 Å². The molecule has 0 saturated heterocycles. The summed E-state index contributed by atoms with van der Waals surface area (Å²) in [5.41, 5.74) is 1.76. The first-order valence-corrected chi connectivity index (χ1v) is 9.26. The van der Waals surface area contributed by atoms with E-state index in [2.05, 4.69) is 4.74 Å². The number of thioether (sulfide) groups is 1. The van der Waals surface area contributed by atoms with Crippen LogP contribution in [0, 0.1) is 0 Å². The number of carboxylic acid groups (broad SMARTS) is 1. The van der Waals surface area contributed by atoms with E-state index in [0.29, 0.717) is 28.2 Å². The molecule has 0 aliphatic heterocycles. The molecular formula is C20H17F2O5S-. The largest absolute Gasteiger partial charge is 0.549 e. The zero-order chi connectivity index (χ0) is 20.5. The Hall–Kier alpha value is -2.87. The molecule has 0 heterocycles. The highest BCUT2D eigenvalue weighted by molar-refractivity contribution is 7.99. The first-order valence-electron chi connectivity index (χ1n) is 8.11. The molecule has 28 heavy (non-hydrogen) atoms. The molecule has 0 aliphatic carbocycles. The zero-order valence-electron chi connectivity index (χ0n) is 14.9. The van der Waals surface area contributed by atoms with Gasteiger partial charge in [-0.05, 0) is 42.0 Å². The third-order valence-corrected chi connectivity index (χ3v) is 4.53. The van der Waals surface area contributed by atoms with E-state index in [1.54, 1.807) is 36.4 Å². The lowest BCUT2D eigenvalue weighted by Gasteiger charge is -2.10. The maximum Gasteiger partial charge on any atom is 0.387 e. The molecule has 5 nitrogen and oxygen atoms in total. The Labute approximate surface area is 165 Å². The fourth-order valence-electron chi connectivity index (χ4n) is 2.32. The summed E-state index contributed by atoms with van der Waals surface area (Å²) in [5.74, 6) is -0.640. The summed E-state index contributed by atoms with van der Waals surface area (Å²) >= 11 is 1.14. The highest BCUT2D eigenvalue weighted by atomic mass is 32.2. The van der Waals surface area contributed by atoms with Gasteiger partial charge in [0.15, 0.2) is 5.78 Å². The number of rotatable bonds is 10. The Bertz CT molecular complexity index is 850.